The van der Waals surface area contributed by atoms with E-state index in [1.54, 1.807) is 0 Å². The summed E-state index contributed by atoms with van der Waals surface area (Å²) >= 11 is 3.52. The standard InChI is InChI=1S/C16H15BrN2/c1-11-8-13(6-7-15(11)17)18-9-12-10-19-16-5-3-2-4-14(12)16/h2-8,10,18-19H,9H2,1H3. The number of fused-ring (bicyclic) bond motifs is 1. The topological polar surface area (TPSA) is 27.8 Å². The molecular formula is C16H15BrN2. The Hall–Kier alpha value is -1.74. The molecule has 96 valence electrons. The quantitative estimate of drug-likeness (QED) is 0.710. The second kappa shape index (κ2) is 5.10. The molecule has 0 aliphatic carbocycles. The first-order valence-electron chi connectivity index (χ1n) is 6.29. The van der Waals surface area contributed by atoms with Crippen LogP contribution in [-0.4, -0.2) is 4.98 Å². The van der Waals surface area contributed by atoms with Gasteiger partial charge in [-0.3, -0.25) is 0 Å². The predicted octanol–water partition coefficient (Wildman–Crippen LogP) is 4.85. The summed E-state index contributed by atoms with van der Waals surface area (Å²) in [6.45, 7) is 2.92. The van der Waals surface area contributed by atoms with Crippen molar-refractivity contribution in [3.63, 3.8) is 0 Å². The minimum atomic E-state index is 0.824. The highest BCUT2D eigenvalue weighted by molar-refractivity contribution is 9.10. The Morgan fingerprint density at radius 3 is 2.84 bits per heavy atom. The maximum absolute atomic E-state index is 3.52. The van der Waals surface area contributed by atoms with Gasteiger partial charge in [0.25, 0.3) is 0 Å². The van der Waals surface area contributed by atoms with Crippen molar-refractivity contribution in [3.8, 4) is 0 Å². The Balaban J connectivity index is 1.80. The number of benzene rings is 2. The van der Waals surface area contributed by atoms with E-state index >= 15 is 0 Å². The monoisotopic (exact) mass is 314 g/mol. The van der Waals surface area contributed by atoms with Gasteiger partial charge >= 0.3 is 0 Å². The molecule has 0 aliphatic rings. The molecule has 2 N–H and O–H groups in total. The first-order valence-corrected chi connectivity index (χ1v) is 7.08. The normalized spacial score (nSPS) is 10.8. The van der Waals surface area contributed by atoms with E-state index in [1.807, 2.05) is 6.07 Å². The van der Waals surface area contributed by atoms with Crippen molar-refractivity contribution >= 4 is 32.5 Å². The number of rotatable bonds is 3. The molecule has 19 heavy (non-hydrogen) atoms. The third-order valence-electron chi connectivity index (χ3n) is 3.32. The summed E-state index contributed by atoms with van der Waals surface area (Å²) in [5.74, 6) is 0. The largest absolute Gasteiger partial charge is 0.381 e. The van der Waals surface area contributed by atoms with Crippen LogP contribution in [0.15, 0.2) is 53.1 Å². The number of anilines is 1. The number of hydrogen-bond donors (Lipinski definition) is 2. The van der Waals surface area contributed by atoms with Crippen LogP contribution >= 0.6 is 15.9 Å². The van der Waals surface area contributed by atoms with Crippen molar-refractivity contribution in [3.05, 3.63) is 64.3 Å². The van der Waals surface area contributed by atoms with Crippen molar-refractivity contribution in [2.75, 3.05) is 5.32 Å². The van der Waals surface area contributed by atoms with Crippen molar-refractivity contribution in [2.24, 2.45) is 0 Å². The summed E-state index contributed by atoms with van der Waals surface area (Å²) in [5, 5.41) is 4.75. The summed E-state index contributed by atoms with van der Waals surface area (Å²) in [6, 6.07) is 14.7. The summed E-state index contributed by atoms with van der Waals surface area (Å²) in [4.78, 5) is 3.30. The molecule has 3 aromatic rings. The van der Waals surface area contributed by atoms with E-state index in [4.69, 9.17) is 0 Å². The van der Waals surface area contributed by atoms with Crippen LogP contribution in [0.5, 0.6) is 0 Å². The summed E-state index contributed by atoms with van der Waals surface area (Å²) in [5.41, 5.74) is 4.86. The molecule has 2 aromatic carbocycles. The zero-order valence-corrected chi connectivity index (χ0v) is 12.3. The Bertz CT molecular complexity index is 716. The molecule has 0 atom stereocenters. The number of halogens is 1. The first-order chi connectivity index (χ1) is 9.24. The van der Waals surface area contributed by atoms with Crippen LogP contribution in [0, 0.1) is 6.92 Å². The lowest BCUT2D eigenvalue weighted by atomic mass is 10.1. The van der Waals surface area contributed by atoms with E-state index in [-0.39, 0.29) is 0 Å². The molecule has 0 spiro atoms. The van der Waals surface area contributed by atoms with Crippen LogP contribution < -0.4 is 5.32 Å². The van der Waals surface area contributed by atoms with E-state index in [9.17, 15) is 0 Å². The SMILES string of the molecule is Cc1cc(NCc2c[nH]c3ccccc23)ccc1Br. The number of hydrogen-bond acceptors (Lipinski definition) is 1. The van der Waals surface area contributed by atoms with Gasteiger partial charge in [-0.25, -0.2) is 0 Å². The first kappa shape index (κ1) is 12.3. The molecule has 1 aromatic heterocycles. The molecular weight excluding hydrogens is 300 g/mol. The Morgan fingerprint density at radius 1 is 1.16 bits per heavy atom. The van der Waals surface area contributed by atoms with E-state index in [0.717, 1.165) is 16.7 Å². The molecule has 1 heterocycles. The summed E-state index contributed by atoms with van der Waals surface area (Å²) in [7, 11) is 0. The number of para-hydroxylation sites is 1. The van der Waals surface area contributed by atoms with E-state index in [1.165, 1.54) is 22.0 Å². The van der Waals surface area contributed by atoms with Crippen molar-refractivity contribution in [1.29, 1.82) is 0 Å². The maximum atomic E-state index is 3.52. The fourth-order valence-corrected chi connectivity index (χ4v) is 2.48. The zero-order valence-electron chi connectivity index (χ0n) is 10.7. The van der Waals surface area contributed by atoms with Gasteiger partial charge in [0.2, 0.25) is 0 Å². The van der Waals surface area contributed by atoms with Gasteiger partial charge in [-0.05, 0) is 42.3 Å². The second-order valence-corrected chi connectivity index (χ2v) is 5.53. The molecule has 0 saturated heterocycles. The van der Waals surface area contributed by atoms with Gasteiger partial charge in [0.15, 0.2) is 0 Å². The average molecular weight is 315 g/mol. The van der Waals surface area contributed by atoms with Gasteiger partial charge in [0.1, 0.15) is 0 Å². The smallest absolute Gasteiger partial charge is 0.0457 e. The third kappa shape index (κ3) is 2.51. The molecule has 0 fully saturated rings. The number of aromatic amines is 1. The van der Waals surface area contributed by atoms with Crippen LogP contribution in [0.25, 0.3) is 10.9 Å². The van der Waals surface area contributed by atoms with Gasteiger partial charge in [-0.2, -0.15) is 0 Å². The van der Waals surface area contributed by atoms with Crippen LogP contribution in [0.3, 0.4) is 0 Å². The van der Waals surface area contributed by atoms with Crippen LogP contribution in [0.4, 0.5) is 5.69 Å². The highest BCUT2D eigenvalue weighted by Gasteiger charge is 2.03. The van der Waals surface area contributed by atoms with Crippen LogP contribution in [0.2, 0.25) is 0 Å². The van der Waals surface area contributed by atoms with Gasteiger partial charge in [0.05, 0.1) is 0 Å². The highest BCUT2D eigenvalue weighted by Crippen LogP contribution is 2.22. The average Bonchev–Trinajstić information content (AvgIpc) is 2.83. The highest BCUT2D eigenvalue weighted by atomic mass is 79.9. The maximum Gasteiger partial charge on any atom is 0.0457 e. The lowest BCUT2D eigenvalue weighted by Gasteiger charge is -2.07. The van der Waals surface area contributed by atoms with Crippen molar-refractivity contribution in [2.45, 2.75) is 13.5 Å². The lowest BCUT2D eigenvalue weighted by Crippen LogP contribution is -1.98. The summed E-state index contributed by atoms with van der Waals surface area (Å²) in [6.07, 6.45) is 2.07. The van der Waals surface area contributed by atoms with E-state index in [2.05, 4.69) is 75.7 Å². The second-order valence-electron chi connectivity index (χ2n) is 4.68. The Morgan fingerprint density at radius 2 is 2.00 bits per heavy atom. The van der Waals surface area contributed by atoms with Crippen LogP contribution in [0.1, 0.15) is 11.1 Å². The molecule has 3 heteroatoms. The lowest BCUT2D eigenvalue weighted by molar-refractivity contribution is 1.16. The molecule has 0 radical (unpaired) electrons. The summed E-state index contributed by atoms with van der Waals surface area (Å²) < 4.78 is 1.14. The van der Waals surface area contributed by atoms with Crippen molar-refractivity contribution in [1.82, 2.24) is 4.98 Å². The van der Waals surface area contributed by atoms with Crippen molar-refractivity contribution < 1.29 is 0 Å². The Labute approximate surface area is 121 Å². The molecule has 0 amide bonds. The minimum Gasteiger partial charge on any atom is -0.381 e. The third-order valence-corrected chi connectivity index (χ3v) is 4.21. The molecule has 0 unspecified atom stereocenters. The van der Waals surface area contributed by atoms with Gasteiger partial charge in [-0.1, -0.05) is 34.1 Å². The Kier molecular flexibility index (Phi) is 3.30. The molecule has 0 aliphatic heterocycles. The molecule has 0 bridgehead atoms. The van der Waals surface area contributed by atoms with Gasteiger partial charge < -0.3 is 10.3 Å². The zero-order chi connectivity index (χ0) is 13.2. The molecule has 2 nitrogen and oxygen atoms in total. The van der Waals surface area contributed by atoms with Gasteiger partial charge in [-0.15, -0.1) is 0 Å². The van der Waals surface area contributed by atoms with Crippen LogP contribution in [-0.2, 0) is 6.54 Å². The number of aryl methyl sites for hydroxylation is 1. The molecule has 3 rings (SSSR count). The van der Waals surface area contributed by atoms with Gasteiger partial charge in [0, 0.05) is 33.8 Å². The minimum absolute atomic E-state index is 0.824. The number of nitrogens with one attached hydrogen (secondary N) is 2. The number of H-pyrrole nitrogens is 1. The fraction of sp³-hybridized carbons (Fsp3) is 0.125. The van der Waals surface area contributed by atoms with E-state index < -0.39 is 0 Å². The predicted molar refractivity (Wildman–Crippen MR) is 84.5 cm³/mol. The van der Waals surface area contributed by atoms with E-state index in [0.29, 0.717) is 0 Å². The molecule has 0 saturated carbocycles. The number of aromatic nitrogens is 1. The fourth-order valence-electron chi connectivity index (χ4n) is 2.23.